The molecule has 2 N–H and O–H groups in total. The second kappa shape index (κ2) is 7.46. The van der Waals surface area contributed by atoms with Crippen LogP contribution in [0.3, 0.4) is 0 Å². The predicted octanol–water partition coefficient (Wildman–Crippen LogP) is 3.13. The summed E-state index contributed by atoms with van der Waals surface area (Å²) in [5.41, 5.74) is 0.996. The molecule has 0 aliphatic heterocycles. The van der Waals surface area contributed by atoms with Crippen LogP contribution in [0.4, 0.5) is 0 Å². The number of nitrogens with one attached hydrogen (secondary N) is 1. The zero-order valence-electron chi connectivity index (χ0n) is 11.2. The quantitative estimate of drug-likeness (QED) is 0.712. The number of aliphatic hydroxyl groups excluding tert-OH is 1. The molecule has 1 aromatic carbocycles. The third-order valence-corrected chi connectivity index (χ3v) is 3.11. The zero-order chi connectivity index (χ0) is 12.7. The third-order valence-electron chi connectivity index (χ3n) is 3.11. The lowest BCUT2D eigenvalue weighted by molar-refractivity contribution is 0.105. The van der Waals surface area contributed by atoms with E-state index in [1.165, 1.54) is 6.42 Å². The molecule has 0 spiro atoms. The number of hydrogen-bond acceptors (Lipinski definition) is 2. The molecule has 17 heavy (non-hydrogen) atoms. The molecule has 2 nitrogen and oxygen atoms in total. The van der Waals surface area contributed by atoms with Crippen LogP contribution < -0.4 is 5.32 Å². The number of rotatable bonds is 7. The van der Waals surface area contributed by atoms with Gasteiger partial charge < -0.3 is 10.4 Å². The largest absolute Gasteiger partial charge is 0.387 e. The van der Waals surface area contributed by atoms with Crippen molar-refractivity contribution in [2.45, 2.75) is 45.8 Å². The highest BCUT2D eigenvalue weighted by atomic mass is 16.3. The molecule has 0 heterocycles. The SMILES string of the molecule is CCCCNC(C(C)C)C(O)c1ccccc1. The van der Waals surface area contributed by atoms with E-state index < -0.39 is 6.10 Å². The summed E-state index contributed by atoms with van der Waals surface area (Å²) in [6.45, 7) is 7.45. The van der Waals surface area contributed by atoms with Crippen LogP contribution in [0.5, 0.6) is 0 Å². The van der Waals surface area contributed by atoms with Gasteiger partial charge in [0.15, 0.2) is 0 Å². The lowest BCUT2D eigenvalue weighted by atomic mass is 9.93. The van der Waals surface area contributed by atoms with E-state index >= 15 is 0 Å². The summed E-state index contributed by atoms with van der Waals surface area (Å²) in [5.74, 6) is 0.419. The first-order valence-electron chi connectivity index (χ1n) is 6.63. The molecule has 0 fully saturated rings. The van der Waals surface area contributed by atoms with Crippen LogP contribution in [-0.4, -0.2) is 17.7 Å². The molecule has 0 radical (unpaired) electrons. The summed E-state index contributed by atoms with van der Waals surface area (Å²) in [6, 6.07) is 10.0. The Labute approximate surface area is 105 Å². The molecule has 0 amide bonds. The molecule has 2 heteroatoms. The molecular weight excluding hydrogens is 210 g/mol. The average molecular weight is 235 g/mol. The molecule has 1 aromatic rings. The van der Waals surface area contributed by atoms with Gasteiger partial charge in [-0.05, 0) is 24.4 Å². The van der Waals surface area contributed by atoms with Crippen molar-refractivity contribution in [2.75, 3.05) is 6.54 Å². The molecule has 0 aromatic heterocycles. The Bertz CT molecular complexity index is 297. The smallest absolute Gasteiger partial charge is 0.0945 e. The van der Waals surface area contributed by atoms with Crippen molar-refractivity contribution in [3.8, 4) is 0 Å². The van der Waals surface area contributed by atoms with Gasteiger partial charge in [0, 0.05) is 6.04 Å². The van der Waals surface area contributed by atoms with E-state index in [-0.39, 0.29) is 6.04 Å². The molecular formula is C15H25NO. The molecule has 1 rings (SSSR count). The summed E-state index contributed by atoms with van der Waals surface area (Å²) < 4.78 is 0. The van der Waals surface area contributed by atoms with Crippen molar-refractivity contribution in [3.63, 3.8) is 0 Å². The molecule has 2 atom stereocenters. The maximum absolute atomic E-state index is 10.4. The van der Waals surface area contributed by atoms with E-state index in [2.05, 4.69) is 26.1 Å². The van der Waals surface area contributed by atoms with Crippen molar-refractivity contribution < 1.29 is 5.11 Å². The van der Waals surface area contributed by atoms with Crippen molar-refractivity contribution in [2.24, 2.45) is 5.92 Å². The lowest BCUT2D eigenvalue weighted by Gasteiger charge is -2.28. The summed E-state index contributed by atoms with van der Waals surface area (Å²) >= 11 is 0. The first-order valence-corrected chi connectivity index (χ1v) is 6.63. The van der Waals surface area contributed by atoms with Gasteiger partial charge in [-0.1, -0.05) is 57.5 Å². The van der Waals surface area contributed by atoms with E-state index in [9.17, 15) is 5.11 Å². The van der Waals surface area contributed by atoms with E-state index in [4.69, 9.17) is 0 Å². The maximum atomic E-state index is 10.4. The fraction of sp³-hybridized carbons (Fsp3) is 0.600. The predicted molar refractivity (Wildman–Crippen MR) is 72.9 cm³/mol. The number of hydrogen-bond donors (Lipinski definition) is 2. The minimum absolute atomic E-state index is 0.129. The summed E-state index contributed by atoms with van der Waals surface area (Å²) in [4.78, 5) is 0. The minimum atomic E-state index is -0.423. The van der Waals surface area contributed by atoms with E-state index in [1.807, 2.05) is 30.3 Å². The molecule has 96 valence electrons. The molecule has 0 saturated carbocycles. The van der Waals surface area contributed by atoms with Crippen molar-refractivity contribution in [1.29, 1.82) is 0 Å². The monoisotopic (exact) mass is 235 g/mol. The Hall–Kier alpha value is -0.860. The summed E-state index contributed by atoms with van der Waals surface area (Å²) in [5, 5.41) is 13.9. The van der Waals surface area contributed by atoms with Crippen molar-refractivity contribution >= 4 is 0 Å². The Morgan fingerprint density at radius 3 is 2.35 bits per heavy atom. The summed E-state index contributed by atoms with van der Waals surface area (Å²) in [7, 11) is 0. The third kappa shape index (κ3) is 4.49. The van der Waals surface area contributed by atoms with Gasteiger partial charge in [0.05, 0.1) is 6.10 Å². The maximum Gasteiger partial charge on any atom is 0.0945 e. The first-order chi connectivity index (χ1) is 8.16. The van der Waals surface area contributed by atoms with Crippen molar-refractivity contribution in [3.05, 3.63) is 35.9 Å². The van der Waals surface area contributed by atoms with E-state index in [1.54, 1.807) is 0 Å². The van der Waals surface area contributed by atoms with Crippen LogP contribution in [0.1, 0.15) is 45.3 Å². The van der Waals surface area contributed by atoms with Gasteiger partial charge in [-0.3, -0.25) is 0 Å². The number of unbranched alkanes of at least 4 members (excludes halogenated alkanes) is 1. The second-order valence-corrected chi connectivity index (χ2v) is 4.93. The lowest BCUT2D eigenvalue weighted by Crippen LogP contribution is -2.39. The van der Waals surface area contributed by atoms with Crippen LogP contribution >= 0.6 is 0 Å². The molecule has 0 saturated heterocycles. The fourth-order valence-electron chi connectivity index (χ4n) is 2.01. The van der Waals surface area contributed by atoms with Gasteiger partial charge in [0.1, 0.15) is 0 Å². The Balaban J connectivity index is 2.63. The van der Waals surface area contributed by atoms with Crippen LogP contribution in [0, 0.1) is 5.92 Å². The Morgan fingerprint density at radius 1 is 1.18 bits per heavy atom. The first kappa shape index (κ1) is 14.2. The van der Waals surface area contributed by atoms with Gasteiger partial charge in [-0.15, -0.1) is 0 Å². The summed E-state index contributed by atoms with van der Waals surface area (Å²) in [6.07, 6.45) is 1.91. The molecule has 0 aliphatic carbocycles. The standard InChI is InChI=1S/C15H25NO/c1-4-5-11-16-14(12(2)3)15(17)13-9-7-6-8-10-13/h6-10,12,14-17H,4-5,11H2,1-3H3. The van der Waals surface area contributed by atoms with E-state index in [0.717, 1.165) is 18.5 Å². The Morgan fingerprint density at radius 2 is 1.82 bits per heavy atom. The number of aliphatic hydroxyl groups is 1. The fourth-order valence-corrected chi connectivity index (χ4v) is 2.01. The normalized spacial score (nSPS) is 14.9. The van der Waals surface area contributed by atoms with Crippen molar-refractivity contribution in [1.82, 2.24) is 5.32 Å². The van der Waals surface area contributed by atoms with Crippen LogP contribution in [0.2, 0.25) is 0 Å². The second-order valence-electron chi connectivity index (χ2n) is 4.93. The Kier molecular flexibility index (Phi) is 6.23. The van der Waals surface area contributed by atoms with Gasteiger partial charge in [-0.2, -0.15) is 0 Å². The highest BCUT2D eigenvalue weighted by molar-refractivity contribution is 5.19. The molecule has 0 aliphatic rings. The average Bonchev–Trinajstić information content (AvgIpc) is 2.34. The highest BCUT2D eigenvalue weighted by Crippen LogP contribution is 2.21. The van der Waals surface area contributed by atoms with Crippen LogP contribution in [-0.2, 0) is 0 Å². The van der Waals surface area contributed by atoms with Gasteiger partial charge in [0.25, 0.3) is 0 Å². The topological polar surface area (TPSA) is 32.3 Å². The van der Waals surface area contributed by atoms with E-state index in [0.29, 0.717) is 5.92 Å². The minimum Gasteiger partial charge on any atom is -0.387 e. The van der Waals surface area contributed by atoms with Gasteiger partial charge in [0.2, 0.25) is 0 Å². The highest BCUT2D eigenvalue weighted by Gasteiger charge is 2.22. The van der Waals surface area contributed by atoms with Crippen LogP contribution in [0.15, 0.2) is 30.3 Å². The zero-order valence-corrected chi connectivity index (χ0v) is 11.2. The van der Waals surface area contributed by atoms with Gasteiger partial charge in [-0.25, -0.2) is 0 Å². The number of benzene rings is 1. The van der Waals surface area contributed by atoms with Gasteiger partial charge >= 0.3 is 0 Å². The molecule has 2 unspecified atom stereocenters. The molecule has 0 bridgehead atoms. The van der Waals surface area contributed by atoms with Crippen LogP contribution in [0.25, 0.3) is 0 Å².